The van der Waals surface area contributed by atoms with Crippen LogP contribution in [0.15, 0.2) is 43.0 Å². The van der Waals surface area contributed by atoms with Gasteiger partial charge in [-0.25, -0.2) is 0 Å². The Bertz CT molecular complexity index is 423. The third-order valence-corrected chi connectivity index (χ3v) is 3.50. The molecule has 1 N–H and O–H groups in total. The fourth-order valence-corrected chi connectivity index (χ4v) is 2.46. The van der Waals surface area contributed by atoms with Crippen molar-refractivity contribution in [1.29, 1.82) is 0 Å². The number of carbonyl (C=O) groups is 1. The van der Waals surface area contributed by atoms with Gasteiger partial charge in [0.25, 0.3) is 0 Å². The third kappa shape index (κ3) is 2.52. The van der Waals surface area contributed by atoms with E-state index in [1.807, 2.05) is 18.2 Å². The van der Waals surface area contributed by atoms with E-state index in [-0.39, 0.29) is 5.78 Å². The van der Waals surface area contributed by atoms with Crippen molar-refractivity contribution in [2.45, 2.75) is 18.4 Å². The second kappa shape index (κ2) is 5.46. The van der Waals surface area contributed by atoms with Crippen molar-refractivity contribution in [2.75, 3.05) is 19.6 Å². The summed E-state index contributed by atoms with van der Waals surface area (Å²) in [6, 6.07) is 9.12. The lowest BCUT2D eigenvalue weighted by Crippen LogP contribution is -2.45. The van der Waals surface area contributed by atoms with Crippen LogP contribution in [0.2, 0.25) is 0 Å². The summed E-state index contributed by atoms with van der Waals surface area (Å²) in [4.78, 5) is 14.2. The van der Waals surface area contributed by atoms with Crippen molar-refractivity contribution >= 4 is 5.78 Å². The molecule has 0 spiro atoms. The van der Waals surface area contributed by atoms with Gasteiger partial charge in [-0.2, -0.15) is 0 Å². The van der Waals surface area contributed by atoms with Gasteiger partial charge in [0.1, 0.15) is 0 Å². The van der Waals surface area contributed by atoms with Crippen molar-refractivity contribution in [2.24, 2.45) is 0 Å². The first-order valence-electron chi connectivity index (χ1n) is 6.34. The summed E-state index contributed by atoms with van der Waals surface area (Å²) in [6.07, 6.45) is 3.48. The van der Waals surface area contributed by atoms with Crippen molar-refractivity contribution in [3.8, 4) is 0 Å². The Morgan fingerprint density at radius 1 is 1.33 bits per heavy atom. The van der Waals surface area contributed by atoms with Crippen LogP contribution in [0.1, 0.15) is 18.4 Å². The lowest BCUT2D eigenvalue weighted by atomic mass is 9.88. The molecule has 2 rings (SSSR count). The first-order chi connectivity index (χ1) is 8.66. The standard InChI is InChI=1S/C15H19NO2/c1-2-14(17)15(18,12-16-10-6-7-11-16)13-8-4-3-5-9-13/h2-5,8-9,18H,1,6-7,10-12H2. The van der Waals surface area contributed by atoms with Gasteiger partial charge in [-0.05, 0) is 37.6 Å². The summed E-state index contributed by atoms with van der Waals surface area (Å²) in [7, 11) is 0. The van der Waals surface area contributed by atoms with Gasteiger partial charge in [-0.1, -0.05) is 36.9 Å². The minimum Gasteiger partial charge on any atom is -0.376 e. The Morgan fingerprint density at radius 3 is 2.50 bits per heavy atom. The quantitative estimate of drug-likeness (QED) is 0.803. The van der Waals surface area contributed by atoms with Gasteiger partial charge in [0.15, 0.2) is 11.4 Å². The van der Waals surface area contributed by atoms with Crippen molar-refractivity contribution in [1.82, 2.24) is 4.90 Å². The molecule has 3 nitrogen and oxygen atoms in total. The molecule has 1 heterocycles. The first kappa shape index (κ1) is 13.0. The Kier molecular flexibility index (Phi) is 3.94. The summed E-state index contributed by atoms with van der Waals surface area (Å²) >= 11 is 0. The van der Waals surface area contributed by atoms with Crippen LogP contribution in [-0.2, 0) is 10.4 Å². The average Bonchev–Trinajstić information content (AvgIpc) is 2.91. The molecule has 1 aromatic carbocycles. The molecule has 1 aliphatic rings. The number of likely N-dealkylation sites (tertiary alicyclic amines) is 1. The van der Waals surface area contributed by atoms with Crippen LogP contribution in [0.25, 0.3) is 0 Å². The lowest BCUT2D eigenvalue weighted by Gasteiger charge is -2.30. The molecular weight excluding hydrogens is 226 g/mol. The van der Waals surface area contributed by atoms with Crippen molar-refractivity contribution < 1.29 is 9.90 Å². The molecule has 0 aliphatic carbocycles. The molecule has 0 amide bonds. The number of benzene rings is 1. The molecule has 0 aromatic heterocycles. The van der Waals surface area contributed by atoms with Gasteiger partial charge in [0.2, 0.25) is 0 Å². The molecule has 3 heteroatoms. The molecule has 1 aromatic rings. The second-order valence-electron chi connectivity index (χ2n) is 4.78. The Balaban J connectivity index is 2.28. The summed E-state index contributed by atoms with van der Waals surface area (Å²) in [5, 5.41) is 10.7. The number of aliphatic hydroxyl groups is 1. The first-order valence-corrected chi connectivity index (χ1v) is 6.34. The number of hydrogen-bond acceptors (Lipinski definition) is 3. The van der Waals surface area contributed by atoms with E-state index in [1.165, 1.54) is 6.08 Å². The number of rotatable bonds is 5. The smallest absolute Gasteiger partial charge is 0.192 e. The minimum atomic E-state index is -1.46. The molecule has 1 fully saturated rings. The number of β-amino-alcohol motifs (C(OH)–C–C–N with tert-alkyl or cyclic N) is 1. The van der Waals surface area contributed by atoms with E-state index in [9.17, 15) is 9.90 Å². The normalized spacial score (nSPS) is 19.4. The molecule has 1 aliphatic heterocycles. The highest BCUT2D eigenvalue weighted by atomic mass is 16.3. The minimum absolute atomic E-state index is 0.333. The van der Waals surface area contributed by atoms with Gasteiger partial charge in [0, 0.05) is 6.54 Å². The molecule has 1 atom stereocenters. The average molecular weight is 245 g/mol. The fourth-order valence-electron chi connectivity index (χ4n) is 2.46. The van der Waals surface area contributed by atoms with Crippen LogP contribution in [-0.4, -0.2) is 35.4 Å². The molecule has 1 saturated heterocycles. The lowest BCUT2D eigenvalue weighted by molar-refractivity contribution is -0.135. The van der Waals surface area contributed by atoms with E-state index in [2.05, 4.69) is 11.5 Å². The van der Waals surface area contributed by atoms with Crippen molar-refractivity contribution in [3.63, 3.8) is 0 Å². The van der Waals surface area contributed by atoms with E-state index in [0.29, 0.717) is 12.1 Å². The molecule has 0 bridgehead atoms. The van der Waals surface area contributed by atoms with E-state index >= 15 is 0 Å². The van der Waals surface area contributed by atoms with Crippen LogP contribution < -0.4 is 0 Å². The Labute approximate surface area is 108 Å². The summed E-state index contributed by atoms with van der Waals surface area (Å²) < 4.78 is 0. The summed E-state index contributed by atoms with van der Waals surface area (Å²) in [5.74, 6) is -0.333. The van der Waals surface area contributed by atoms with Crippen LogP contribution in [0.3, 0.4) is 0 Å². The Hall–Kier alpha value is -1.45. The maximum atomic E-state index is 12.0. The zero-order valence-corrected chi connectivity index (χ0v) is 10.5. The zero-order valence-electron chi connectivity index (χ0n) is 10.5. The maximum absolute atomic E-state index is 12.0. The SMILES string of the molecule is C=CC(=O)C(O)(CN1CCCC1)c1ccccc1. The van der Waals surface area contributed by atoms with Gasteiger partial charge >= 0.3 is 0 Å². The number of nitrogens with zero attached hydrogens (tertiary/aromatic N) is 1. The predicted octanol–water partition coefficient (Wildman–Crippen LogP) is 1.73. The van der Waals surface area contributed by atoms with Gasteiger partial charge < -0.3 is 5.11 Å². The van der Waals surface area contributed by atoms with Crippen LogP contribution in [0.5, 0.6) is 0 Å². The number of ketones is 1. The molecule has 0 radical (unpaired) electrons. The molecule has 1 unspecified atom stereocenters. The summed E-state index contributed by atoms with van der Waals surface area (Å²) in [6.45, 7) is 5.74. The molecule has 18 heavy (non-hydrogen) atoms. The third-order valence-electron chi connectivity index (χ3n) is 3.50. The van der Waals surface area contributed by atoms with E-state index in [4.69, 9.17) is 0 Å². The highest BCUT2D eigenvalue weighted by molar-refractivity contribution is 5.97. The van der Waals surface area contributed by atoms with Crippen LogP contribution in [0.4, 0.5) is 0 Å². The highest BCUT2D eigenvalue weighted by Gasteiger charge is 2.38. The van der Waals surface area contributed by atoms with E-state index in [1.54, 1.807) is 12.1 Å². The maximum Gasteiger partial charge on any atom is 0.192 e. The van der Waals surface area contributed by atoms with Crippen LogP contribution in [0, 0.1) is 0 Å². The topological polar surface area (TPSA) is 40.5 Å². The highest BCUT2D eigenvalue weighted by Crippen LogP contribution is 2.25. The van der Waals surface area contributed by atoms with Gasteiger partial charge in [0.05, 0.1) is 0 Å². The van der Waals surface area contributed by atoms with Gasteiger partial charge in [-0.3, -0.25) is 9.69 Å². The largest absolute Gasteiger partial charge is 0.376 e. The van der Waals surface area contributed by atoms with Crippen LogP contribution >= 0.6 is 0 Å². The Morgan fingerprint density at radius 2 is 1.94 bits per heavy atom. The number of carbonyl (C=O) groups excluding carboxylic acids is 1. The van der Waals surface area contributed by atoms with E-state index < -0.39 is 5.60 Å². The summed E-state index contributed by atoms with van der Waals surface area (Å²) in [5.41, 5.74) is -0.824. The monoisotopic (exact) mass is 245 g/mol. The number of hydrogen-bond donors (Lipinski definition) is 1. The molecule has 96 valence electrons. The predicted molar refractivity (Wildman–Crippen MR) is 71.2 cm³/mol. The molecule has 0 saturated carbocycles. The second-order valence-corrected chi connectivity index (χ2v) is 4.78. The van der Waals surface area contributed by atoms with Crippen molar-refractivity contribution in [3.05, 3.63) is 48.6 Å². The van der Waals surface area contributed by atoms with E-state index in [0.717, 1.165) is 25.9 Å². The zero-order chi connectivity index (χ0) is 13.0. The molecular formula is C15H19NO2. The fraction of sp³-hybridized carbons (Fsp3) is 0.400. The van der Waals surface area contributed by atoms with Gasteiger partial charge in [-0.15, -0.1) is 0 Å².